The molecule has 0 spiro atoms. The van der Waals surface area contributed by atoms with Gasteiger partial charge < -0.3 is 4.90 Å². The van der Waals surface area contributed by atoms with Crippen LogP contribution >= 0.6 is 0 Å². The van der Waals surface area contributed by atoms with Gasteiger partial charge in [-0.05, 0) is 49.6 Å². The maximum Gasteiger partial charge on any atom is 0.267 e. The number of benzene rings is 2. The van der Waals surface area contributed by atoms with Crippen molar-refractivity contribution in [1.29, 1.82) is 0 Å². The normalized spacial score (nSPS) is 14.3. The molecule has 1 amide bonds. The second-order valence-corrected chi connectivity index (χ2v) is 10.5. The number of aromatic nitrogens is 2. The van der Waals surface area contributed by atoms with E-state index < -0.39 is 21.6 Å². The molecule has 0 saturated carbocycles. The summed E-state index contributed by atoms with van der Waals surface area (Å²) in [6, 6.07) is 14.9. The van der Waals surface area contributed by atoms with E-state index in [2.05, 4.69) is 5.10 Å². The van der Waals surface area contributed by atoms with Crippen molar-refractivity contribution in [2.75, 3.05) is 24.5 Å². The highest BCUT2D eigenvalue weighted by molar-refractivity contribution is 7.89. The number of rotatable bonds is 7. The van der Waals surface area contributed by atoms with Crippen molar-refractivity contribution in [1.82, 2.24) is 14.1 Å². The van der Waals surface area contributed by atoms with Crippen molar-refractivity contribution in [3.63, 3.8) is 0 Å². The Hall–Kier alpha value is -3.30. The van der Waals surface area contributed by atoms with E-state index in [0.29, 0.717) is 36.5 Å². The molecule has 1 aliphatic rings. The number of aryl methyl sites for hydroxylation is 1. The predicted molar refractivity (Wildman–Crippen MR) is 136 cm³/mol. The molecule has 0 aliphatic carbocycles. The molecule has 0 fully saturated rings. The van der Waals surface area contributed by atoms with Crippen LogP contribution in [0.1, 0.15) is 37.9 Å². The van der Waals surface area contributed by atoms with E-state index in [1.165, 1.54) is 15.1 Å². The molecule has 8 nitrogen and oxygen atoms in total. The fraction of sp³-hybridized carbons (Fsp3) is 0.346. The highest BCUT2D eigenvalue weighted by Gasteiger charge is 2.30. The Morgan fingerprint density at radius 2 is 1.80 bits per heavy atom. The number of anilines is 1. The molecule has 1 aromatic heterocycles. The van der Waals surface area contributed by atoms with E-state index in [1.54, 1.807) is 56.9 Å². The third-order valence-corrected chi connectivity index (χ3v) is 8.70. The van der Waals surface area contributed by atoms with Crippen molar-refractivity contribution in [2.45, 2.75) is 45.1 Å². The van der Waals surface area contributed by atoms with Crippen LogP contribution in [0.2, 0.25) is 0 Å². The molecule has 1 atom stereocenters. The fourth-order valence-corrected chi connectivity index (χ4v) is 6.20. The van der Waals surface area contributed by atoms with Gasteiger partial charge in [-0.2, -0.15) is 9.40 Å². The predicted octanol–water partition coefficient (Wildman–Crippen LogP) is 3.40. The van der Waals surface area contributed by atoms with Gasteiger partial charge in [0.15, 0.2) is 0 Å². The molecular weight excluding hydrogens is 464 g/mol. The summed E-state index contributed by atoms with van der Waals surface area (Å²) in [4.78, 5) is 27.9. The van der Waals surface area contributed by atoms with Crippen LogP contribution < -0.4 is 10.5 Å². The summed E-state index contributed by atoms with van der Waals surface area (Å²) in [6.07, 6.45) is 0.768. The first-order valence-electron chi connectivity index (χ1n) is 11.8. The highest BCUT2D eigenvalue weighted by Crippen LogP contribution is 2.30. The number of amides is 1. The van der Waals surface area contributed by atoms with Crippen LogP contribution in [0.15, 0.2) is 64.3 Å². The van der Waals surface area contributed by atoms with Crippen molar-refractivity contribution >= 4 is 21.6 Å². The third kappa shape index (κ3) is 4.53. The van der Waals surface area contributed by atoms with Crippen molar-refractivity contribution in [3.8, 4) is 11.3 Å². The molecule has 1 aliphatic heterocycles. The molecule has 0 saturated heterocycles. The van der Waals surface area contributed by atoms with E-state index in [1.807, 2.05) is 24.3 Å². The summed E-state index contributed by atoms with van der Waals surface area (Å²) in [5.74, 6) is -0.213. The van der Waals surface area contributed by atoms with Crippen molar-refractivity contribution in [3.05, 3.63) is 76.1 Å². The smallest absolute Gasteiger partial charge is 0.267 e. The number of carbonyl (C=O) groups excluding carboxylic acids is 1. The van der Waals surface area contributed by atoms with Gasteiger partial charge in [-0.25, -0.2) is 13.1 Å². The van der Waals surface area contributed by atoms with E-state index in [4.69, 9.17) is 0 Å². The summed E-state index contributed by atoms with van der Waals surface area (Å²) >= 11 is 0. The Kier molecular flexibility index (Phi) is 6.91. The maximum absolute atomic E-state index is 13.3. The van der Waals surface area contributed by atoms with Crippen LogP contribution in [0.4, 0.5) is 5.69 Å². The van der Waals surface area contributed by atoms with Gasteiger partial charge >= 0.3 is 0 Å². The first-order valence-corrected chi connectivity index (χ1v) is 13.2. The average molecular weight is 495 g/mol. The van der Waals surface area contributed by atoms with Gasteiger partial charge in [0.05, 0.1) is 10.6 Å². The lowest BCUT2D eigenvalue weighted by Crippen LogP contribution is -2.39. The number of fused-ring (bicyclic) bond motifs is 1. The minimum atomic E-state index is -3.67. The number of carbonyl (C=O) groups is 1. The average Bonchev–Trinajstić information content (AvgIpc) is 3.28. The van der Waals surface area contributed by atoms with Crippen LogP contribution in [0.25, 0.3) is 11.3 Å². The molecule has 0 radical (unpaired) electrons. The molecule has 9 heteroatoms. The SMILES string of the molecule is CCN(CC)S(=O)(=O)c1cc(-c2ccc(=O)n([C@H](C)C(=O)N3CCc4ccccc43)n2)ccc1C. The molecule has 2 heterocycles. The monoisotopic (exact) mass is 494 g/mol. The van der Waals surface area contributed by atoms with Gasteiger partial charge in [-0.15, -0.1) is 0 Å². The molecule has 0 bridgehead atoms. The first-order chi connectivity index (χ1) is 16.7. The number of hydrogen-bond acceptors (Lipinski definition) is 5. The molecule has 184 valence electrons. The molecule has 0 N–H and O–H groups in total. The Bertz CT molecular complexity index is 1430. The van der Waals surface area contributed by atoms with Gasteiger partial charge in [0.1, 0.15) is 6.04 Å². The lowest BCUT2D eigenvalue weighted by molar-refractivity contribution is -0.121. The molecule has 4 rings (SSSR count). The van der Waals surface area contributed by atoms with Gasteiger partial charge in [0.2, 0.25) is 10.0 Å². The minimum Gasteiger partial charge on any atom is -0.310 e. The van der Waals surface area contributed by atoms with Crippen LogP contribution in [-0.2, 0) is 21.2 Å². The summed E-state index contributed by atoms with van der Waals surface area (Å²) in [7, 11) is -3.67. The van der Waals surface area contributed by atoms with E-state index >= 15 is 0 Å². The largest absolute Gasteiger partial charge is 0.310 e. The van der Waals surface area contributed by atoms with Crippen LogP contribution in [0, 0.1) is 6.92 Å². The quantitative estimate of drug-likeness (QED) is 0.502. The Morgan fingerprint density at radius 3 is 2.51 bits per heavy atom. The van der Waals surface area contributed by atoms with E-state index in [9.17, 15) is 18.0 Å². The second kappa shape index (κ2) is 9.75. The number of nitrogens with zero attached hydrogens (tertiary/aromatic N) is 4. The fourth-order valence-electron chi connectivity index (χ4n) is 4.49. The van der Waals surface area contributed by atoms with Gasteiger partial charge in [-0.1, -0.05) is 44.2 Å². The molecular formula is C26H30N4O4S. The van der Waals surface area contributed by atoms with E-state index in [-0.39, 0.29) is 10.8 Å². The van der Waals surface area contributed by atoms with Crippen LogP contribution in [0.3, 0.4) is 0 Å². The Labute approximate surface area is 205 Å². The molecule has 3 aromatic rings. The molecule has 2 aromatic carbocycles. The van der Waals surface area contributed by atoms with Gasteiger partial charge in [-0.3, -0.25) is 9.59 Å². The number of hydrogen-bond donors (Lipinski definition) is 0. The zero-order chi connectivity index (χ0) is 25.3. The summed E-state index contributed by atoms with van der Waals surface area (Å²) in [5, 5.41) is 4.48. The Morgan fingerprint density at radius 1 is 1.09 bits per heavy atom. The Balaban J connectivity index is 1.70. The summed E-state index contributed by atoms with van der Waals surface area (Å²) < 4.78 is 28.9. The topological polar surface area (TPSA) is 92.6 Å². The zero-order valence-electron chi connectivity index (χ0n) is 20.4. The lowest BCUT2D eigenvalue weighted by Gasteiger charge is -2.23. The first kappa shape index (κ1) is 24.8. The zero-order valence-corrected chi connectivity index (χ0v) is 21.2. The standard InChI is InChI=1S/C26H30N4O4S/c1-5-28(6-2)35(33,34)24-17-21(12-11-18(24)3)22-13-14-25(31)30(27-22)19(4)26(32)29-16-15-20-9-7-8-10-23(20)29/h7-14,17,19H,5-6,15-16H2,1-4H3/t19-/m1/s1. The molecule has 0 unspecified atom stereocenters. The van der Waals surface area contributed by atoms with Crippen LogP contribution in [-0.4, -0.2) is 48.0 Å². The van der Waals surface area contributed by atoms with E-state index in [0.717, 1.165) is 17.7 Å². The van der Waals surface area contributed by atoms with Gasteiger partial charge in [0, 0.05) is 37.0 Å². The van der Waals surface area contributed by atoms with Gasteiger partial charge in [0.25, 0.3) is 11.5 Å². The third-order valence-electron chi connectivity index (χ3n) is 6.51. The van der Waals surface area contributed by atoms with Crippen LogP contribution in [0.5, 0.6) is 0 Å². The maximum atomic E-state index is 13.3. The highest BCUT2D eigenvalue weighted by atomic mass is 32.2. The lowest BCUT2D eigenvalue weighted by atomic mass is 10.1. The number of para-hydroxylation sites is 1. The summed E-state index contributed by atoms with van der Waals surface area (Å²) in [6.45, 7) is 8.30. The summed E-state index contributed by atoms with van der Waals surface area (Å²) in [5.41, 5.74) is 3.17. The van der Waals surface area contributed by atoms with Crippen molar-refractivity contribution < 1.29 is 13.2 Å². The second-order valence-electron chi connectivity index (χ2n) is 8.62. The molecule has 35 heavy (non-hydrogen) atoms. The minimum absolute atomic E-state index is 0.205. The van der Waals surface area contributed by atoms with Crippen molar-refractivity contribution in [2.24, 2.45) is 0 Å². The number of sulfonamides is 1.